The molecular formula is C19H26N2O. The molecule has 1 fully saturated rings. The summed E-state index contributed by atoms with van der Waals surface area (Å²) < 4.78 is 0. The molecule has 1 aromatic carbocycles. The van der Waals surface area contributed by atoms with Crippen LogP contribution in [0.3, 0.4) is 0 Å². The molecule has 2 aliphatic rings. The van der Waals surface area contributed by atoms with E-state index in [0.717, 1.165) is 18.2 Å². The van der Waals surface area contributed by atoms with Gasteiger partial charge in [0.2, 0.25) is 0 Å². The molecule has 0 amide bonds. The lowest BCUT2D eigenvalue weighted by atomic mass is 9.83. The zero-order valence-corrected chi connectivity index (χ0v) is 14.1. The van der Waals surface area contributed by atoms with E-state index in [-0.39, 0.29) is 11.2 Å². The summed E-state index contributed by atoms with van der Waals surface area (Å²) in [5, 5.41) is 0. The molecule has 1 saturated carbocycles. The van der Waals surface area contributed by atoms with Crippen LogP contribution in [-0.2, 0) is 10.2 Å². The molecule has 0 N–H and O–H groups in total. The normalized spacial score (nSPS) is 21.5. The second-order valence-electron chi connectivity index (χ2n) is 7.34. The first-order chi connectivity index (χ1) is 10.4. The van der Waals surface area contributed by atoms with Crippen molar-refractivity contribution in [2.75, 3.05) is 32.1 Å². The van der Waals surface area contributed by atoms with Crippen LogP contribution in [0.5, 0.6) is 0 Å². The van der Waals surface area contributed by atoms with Crippen LogP contribution < -0.4 is 4.90 Å². The molecule has 0 saturated heterocycles. The van der Waals surface area contributed by atoms with E-state index >= 15 is 0 Å². The fourth-order valence-corrected chi connectivity index (χ4v) is 3.53. The molecule has 0 bridgehead atoms. The van der Waals surface area contributed by atoms with Crippen LogP contribution in [0.4, 0.5) is 5.69 Å². The van der Waals surface area contributed by atoms with E-state index in [0.29, 0.717) is 6.54 Å². The van der Waals surface area contributed by atoms with Crippen molar-refractivity contribution in [3.63, 3.8) is 0 Å². The van der Waals surface area contributed by atoms with E-state index in [4.69, 9.17) is 0 Å². The van der Waals surface area contributed by atoms with Gasteiger partial charge in [0.25, 0.3) is 0 Å². The van der Waals surface area contributed by atoms with Crippen molar-refractivity contribution in [1.29, 1.82) is 0 Å². The maximum absolute atomic E-state index is 12.5. The molecule has 1 aliphatic heterocycles. The third kappa shape index (κ3) is 2.82. The van der Waals surface area contributed by atoms with E-state index in [1.165, 1.54) is 24.1 Å². The van der Waals surface area contributed by atoms with Gasteiger partial charge in [-0.2, -0.15) is 0 Å². The SMILES string of the molecule is CN(CC(=O)C=C1N(C)c2ccccc2C1(C)C)CC1CC1. The maximum atomic E-state index is 12.5. The van der Waals surface area contributed by atoms with Crippen molar-refractivity contribution in [3.05, 3.63) is 41.6 Å². The van der Waals surface area contributed by atoms with E-state index in [2.05, 4.69) is 55.0 Å². The predicted octanol–water partition coefficient (Wildman–Crippen LogP) is 3.21. The zero-order valence-electron chi connectivity index (χ0n) is 14.1. The highest BCUT2D eigenvalue weighted by Gasteiger charge is 2.38. The van der Waals surface area contributed by atoms with Gasteiger partial charge < -0.3 is 4.90 Å². The van der Waals surface area contributed by atoms with Crippen LogP contribution >= 0.6 is 0 Å². The van der Waals surface area contributed by atoms with E-state index in [1.54, 1.807) is 0 Å². The van der Waals surface area contributed by atoms with Gasteiger partial charge in [-0.3, -0.25) is 9.69 Å². The Morgan fingerprint density at radius 1 is 1.36 bits per heavy atom. The number of carbonyl (C=O) groups is 1. The van der Waals surface area contributed by atoms with Crippen molar-refractivity contribution in [2.45, 2.75) is 32.1 Å². The number of fused-ring (bicyclic) bond motifs is 1. The van der Waals surface area contributed by atoms with Crippen molar-refractivity contribution < 1.29 is 4.79 Å². The van der Waals surface area contributed by atoms with E-state index in [1.807, 2.05) is 13.1 Å². The van der Waals surface area contributed by atoms with Crippen LogP contribution in [0.2, 0.25) is 0 Å². The van der Waals surface area contributed by atoms with Gasteiger partial charge >= 0.3 is 0 Å². The topological polar surface area (TPSA) is 23.6 Å². The molecule has 1 aliphatic carbocycles. The van der Waals surface area contributed by atoms with Crippen LogP contribution in [0.25, 0.3) is 0 Å². The molecule has 0 radical (unpaired) electrons. The summed E-state index contributed by atoms with van der Waals surface area (Å²) in [6.07, 6.45) is 4.50. The van der Waals surface area contributed by atoms with Crippen molar-refractivity contribution in [3.8, 4) is 0 Å². The fourth-order valence-electron chi connectivity index (χ4n) is 3.53. The Balaban J connectivity index is 1.77. The summed E-state index contributed by atoms with van der Waals surface area (Å²) in [4.78, 5) is 16.8. The molecule has 3 heteroatoms. The summed E-state index contributed by atoms with van der Waals surface area (Å²) in [6.45, 7) is 5.96. The summed E-state index contributed by atoms with van der Waals surface area (Å²) in [7, 11) is 4.10. The molecule has 3 nitrogen and oxygen atoms in total. The van der Waals surface area contributed by atoms with Crippen LogP contribution in [-0.4, -0.2) is 37.9 Å². The largest absolute Gasteiger partial charge is 0.347 e. The lowest BCUT2D eigenvalue weighted by molar-refractivity contribution is -0.115. The van der Waals surface area contributed by atoms with E-state index in [9.17, 15) is 4.79 Å². The Bertz CT molecular complexity index is 614. The second-order valence-corrected chi connectivity index (χ2v) is 7.34. The van der Waals surface area contributed by atoms with Gasteiger partial charge in [-0.05, 0) is 37.4 Å². The van der Waals surface area contributed by atoms with Crippen molar-refractivity contribution >= 4 is 11.5 Å². The van der Waals surface area contributed by atoms with Gasteiger partial charge in [0.05, 0.1) is 6.54 Å². The Morgan fingerprint density at radius 2 is 2.05 bits per heavy atom. The monoisotopic (exact) mass is 298 g/mol. The van der Waals surface area contributed by atoms with Gasteiger partial charge in [0, 0.05) is 36.5 Å². The molecule has 22 heavy (non-hydrogen) atoms. The first-order valence-electron chi connectivity index (χ1n) is 8.16. The van der Waals surface area contributed by atoms with Gasteiger partial charge in [-0.25, -0.2) is 0 Å². The third-order valence-corrected chi connectivity index (χ3v) is 4.93. The molecule has 0 atom stereocenters. The minimum Gasteiger partial charge on any atom is -0.347 e. The predicted molar refractivity (Wildman–Crippen MR) is 91.2 cm³/mol. The summed E-state index contributed by atoms with van der Waals surface area (Å²) in [5.41, 5.74) is 3.48. The van der Waals surface area contributed by atoms with Crippen LogP contribution in [0.15, 0.2) is 36.0 Å². The zero-order chi connectivity index (χ0) is 15.9. The van der Waals surface area contributed by atoms with Crippen molar-refractivity contribution in [1.82, 2.24) is 4.90 Å². The smallest absolute Gasteiger partial charge is 0.171 e. The number of anilines is 1. The number of ketones is 1. The first kappa shape index (κ1) is 15.3. The Hall–Kier alpha value is -1.61. The maximum Gasteiger partial charge on any atom is 0.171 e. The lowest BCUT2D eigenvalue weighted by Gasteiger charge is -2.24. The first-order valence-corrected chi connectivity index (χ1v) is 8.16. The number of hydrogen-bond donors (Lipinski definition) is 0. The Labute approximate surface area is 133 Å². The average molecular weight is 298 g/mol. The fraction of sp³-hybridized carbons (Fsp3) is 0.526. The molecule has 0 unspecified atom stereocenters. The minimum atomic E-state index is -0.115. The number of hydrogen-bond acceptors (Lipinski definition) is 3. The number of carbonyl (C=O) groups excluding carboxylic acids is 1. The van der Waals surface area contributed by atoms with Crippen molar-refractivity contribution in [2.24, 2.45) is 5.92 Å². The third-order valence-electron chi connectivity index (χ3n) is 4.93. The highest BCUT2D eigenvalue weighted by Crippen LogP contribution is 2.46. The molecule has 1 heterocycles. The van der Waals surface area contributed by atoms with Crippen LogP contribution in [0.1, 0.15) is 32.3 Å². The number of rotatable bonds is 5. The lowest BCUT2D eigenvalue weighted by Crippen LogP contribution is -2.29. The average Bonchev–Trinajstić information content (AvgIpc) is 3.24. The summed E-state index contributed by atoms with van der Waals surface area (Å²) in [5.74, 6) is 1.02. The number of nitrogens with zero attached hydrogens (tertiary/aromatic N) is 2. The van der Waals surface area contributed by atoms with E-state index < -0.39 is 0 Å². The number of allylic oxidation sites excluding steroid dienone is 1. The van der Waals surface area contributed by atoms with Gasteiger partial charge in [-0.1, -0.05) is 32.0 Å². The summed E-state index contributed by atoms with van der Waals surface area (Å²) >= 11 is 0. The Morgan fingerprint density at radius 3 is 2.68 bits per heavy atom. The molecule has 1 aromatic rings. The standard InChI is InChI=1S/C19H26N2O/c1-19(2)16-7-5-6-8-17(16)21(4)18(19)11-15(22)13-20(3)12-14-9-10-14/h5-8,11,14H,9-10,12-13H2,1-4H3. The molecule has 3 rings (SSSR count). The second kappa shape index (κ2) is 5.54. The molecular weight excluding hydrogens is 272 g/mol. The highest BCUT2D eigenvalue weighted by molar-refractivity contribution is 5.94. The number of para-hydroxylation sites is 1. The Kier molecular flexibility index (Phi) is 3.85. The highest BCUT2D eigenvalue weighted by atomic mass is 16.1. The number of likely N-dealkylation sites (N-methyl/N-ethyl adjacent to an activating group) is 2. The quantitative estimate of drug-likeness (QED) is 0.780. The molecule has 0 spiro atoms. The van der Waals surface area contributed by atoms with Gasteiger partial charge in [0.15, 0.2) is 5.78 Å². The minimum absolute atomic E-state index is 0.115. The summed E-state index contributed by atoms with van der Waals surface area (Å²) in [6, 6.07) is 8.42. The number of benzene rings is 1. The molecule has 0 aromatic heterocycles. The van der Waals surface area contributed by atoms with Gasteiger partial charge in [-0.15, -0.1) is 0 Å². The molecule has 118 valence electrons. The van der Waals surface area contributed by atoms with Gasteiger partial charge in [0.1, 0.15) is 0 Å². The van der Waals surface area contributed by atoms with Crippen LogP contribution in [0, 0.1) is 5.92 Å².